The Hall–Kier alpha value is -2.49. The average Bonchev–Trinajstić information content (AvgIpc) is 3.30. The van der Waals surface area contributed by atoms with Gasteiger partial charge in [-0.15, -0.1) is 0 Å². The van der Waals surface area contributed by atoms with Crippen molar-refractivity contribution in [1.82, 2.24) is 9.13 Å². The van der Waals surface area contributed by atoms with Crippen molar-refractivity contribution in [3.05, 3.63) is 59.5 Å². The number of hydrogen-bond acceptors (Lipinski definition) is 2. The highest BCUT2D eigenvalue weighted by molar-refractivity contribution is 6.08. The van der Waals surface area contributed by atoms with Gasteiger partial charge in [-0.05, 0) is 43.7 Å². The van der Waals surface area contributed by atoms with Gasteiger partial charge in [-0.2, -0.15) is 0 Å². The fourth-order valence-corrected chi connectivity index (χ4v) is 3.05. The molecular weight excluding hydrogens is 298 g/mol. The van der Waals surface area contributed by atoms with E-state index in [1.54, 1.807) is 7.11 Å². The molecule has 0 saturated heterocycles. The zero-order chi connectivity index (χ0) is 16.9. The third-order valence-corrected chi connectivity index (χ3v) is 4.38. The number of aromatic nitrogens is 2. The number of methoxy groups -OCH3 is 1. The molecule has 24 heavy (non-hydrogen) atoms. The Kier molecular flexibility index (Phi) is 5.04. The van der Waals surface area contributed by atoms with Gasteiger partial charge in [0.05, 0.1) is 13.3 Å². The predicted octanol–water partition coefficient (Wildman–Crippen LogP) is 4.73. The van der Waals surface area contributed by atoms with Crippen LogP contribution in [0.5, 0.6) is 0 Å². The molecule has 4 heteroatoms. The Bertz CT molecular complexity index is 776. The molecule has 0 atom stereocenters. The lowest BCUT2D eigenvalue weighted by Gasteiger charge is -2.10. The molecule has 0 amide bonds. The number of rotatable bonds is 7. The zero-order valence-electron chi connectivity index (χ0n) is 14.7. The van der Waals surface area contributed by atoms with E-state index < -0.39 is 0 Å². The van der Waals surface area contributed by atoms with Crippen molar-refractivity contribution >= 4 is 18.0 Å². The van der Waals surface area contributed by atoms with E-state index in [4.69, 9.17) is 4.74 Å². The monoisotopic (exact) mass is 323 g/mol. The van der Waals surface area contributed by atoms with Gasteiger partial charge in [0.25, 0.3) is 0 Å². The lowest BCUT2D eigenvalue weighted by atomic mass is 10.2. The molecule has 0 bridgehead atoms. The first kappa shape index (κ1) is 16.4. The first-order valence-electron chi connectivity index (χ1n) is 8.58. The lowest BCUT2D eigenvalue weighted by molar-refractivity contribution is 0.303. The molecule has 2 aromatic heterocycles. The number of unbranched alkanes of at least 4 members (excludes halogenated alkanes) is 2. The van der Waals surface area contributed by atoms with E-state index in [0.29, 0.717) is 0 Å². The highest BCUT2D eigenvalue weighted by Crippen LogP contribution is 2.28. The second-order valence-corrected chi connectivity index (χ2v) is 6.05. The minimum Gasteiger partial charge on any atom is -0.492 e. The summed E-state index contributed by atoms with van der Waals surface area (Å²) in [5.41, 5.74) is 4.30. The summed E-state index contributed by atoms with van der Waals surface area (Å²) in [5.74, 6) is 0.810. The SMILES string of the molecule is CCCCCn1c(C)ccc1/C=C1\N=CC(n2cccc2)=C1OC. The maximum atomic E-state index is 5.63. The second-order valence-electron chi connectivity index (χ2n) is 6.05. The third-order valence-electron chi connectivity index (χ3n) is 4.38. The lowest BCUT2D eigenvalue weighted by Crippen LogP contribution is -2.03. The van der Waals surface area contributed by atoms with Crippen molar-refractivity contribution in [3.63, 3.8) is 0 Å². The molecule has 3 rings (SSSR count). The Balaban J connectivity index is 1.91. The van der Waals surface area contributed by atoms with Gasteiger partial charge in [0.2, 0.25) is 0 Å². The summed E-state index contributed by atoms with van der Waals surface area (Å²) in [4.78, 5) is 4.57. The van der Waals surface area contributed by atoms with E-state index in [1.807, 2.05) is 35.3 Å². The zero-order valence-corrected chi connectivity index (χ0v) is 14.7. The molecule has 0 N–H and O–H groups in total. The van der Waals surface area contributed by atoms with Gasteiger partial charge >= 0.3 is 0 Å². The maximum absolute atomic E-state index is 5.63. The van der Waals surface area contributed by atoms with Crippen molar-refractivity contribution < 1.29 is 4.74 Å². The summed E-state index contributed by atoms with van der Waals surface area (Å²) in [5, 5.41) is 0. The largest absolute Gasteiger partial charge is 0.492 e. The molecule has 0 spiro atoms. The molecule has 0 unspecified atom stereocenters. The summed E-state index contributed by atoms with van der Waals surface area (Å²) in [6.45, 7) is 5.44. The fraction of sp³-hybridized carbons (Fsp3) is 0.350. The summed E-state index contributed by atoms with van der Waals surface area (Å²) in [6, 6.07) is 8.32. The molecule has 2 aromatic rings. The van der Waals surface area contributed by atoms with Crippen LogP contribution < -0.4 is 0 Å². The normalized spacial score (nSPS) is 15.7. The standard InChI is InChI=1S/C20H25N3O/c1-4-5-6-13-23-16(2)9-10-17(23)14-18-20(24-3)19(15-21-18)22-11-7-8-12-22/h7-12,14-15H,4-6,13H2,1-3H3/b18-14-. The van der Waals surface area contributed by atoms with E-state index in [9.17, 15) is 0 Å². The van der Waals surface area contributed by atoms with Crippen LogP contribution in [0.25, 0.3) is 11.8 Å². The quantitative estimate of drug-likeness (QED) is 0.678. The van der Waals surface area contributed by atoms with Crippen molar-refractivity contribution in [3.8, 4) is 0 Å². The molecule has 4 nitrogen and oxygen atoms in total. The summed E-state index contributed by atoms with van der Waals surface area (Å²) < 4.78 is 10.0. The predicted molar refractivity (Wildman–Crippen MR) is 99.8 cm³/mol. The van der Waals surface area contributed by atoms with Crippen LogP contribution in [-0.2, 0) is 11.3 Å². The van der Waals surface area contributed by atoms with E-state index >= 15 is 0 Å². The van der Waals surface area contributed by atoms with Crippen LogP contribution in [0.1, 0.15) is 37.6 Å². The number of allylic oxidation sites excluding steroid dienone is 1. The molecule has 0 radical (unpaired) electrons. The van der Waals surface area contributed by atoms with Gasteiger partial charge in [-0.1, -0.05) is 19.8 Å². The highest BCUT2D eigenvalue weighted by atomic mass is 16.5. The van der Waals surface area contributed by atoms with Gasteiger partial charge in [0.1, 0.15) is 11.4 Å². The minimum absolute atomic E-state index is 0.810. The van der Waals surface area contributed by atoms with Crippen molar-refractivity contribution in [2.75, 3.05) is 7.11 Å². The molecule has 0 aromatic carbocycles. The van der Waals surface area contributed by atoms with Crippen LogP contribution in [0.3, 0.4) is 0 Å². The third kappa shape index (κ3) is 3.23. The van der Waals surface area contributed by atoms with Crippen LogP contribution in [0.4, 0.5) is 0 Å². The molecule has 0 saturated carbocycles. The van der Waals surface area contributed by atoms with Crippen molar-refractivity contribution in [1.29, 1.82) is 0 Å². The summed E-state index contributed by atoms with van der Waals surface area (Å²) >= 11 is 0. The van der Waals surface area contributed by atoms with E-state index in [2.05, 4.69) is 41.6 Å². The van der Waals surface area contributed by atoms with Crippen molar-refractivity contribution in [2.45, 2.75) is 39.7 Å². The molecule has 0 aliphatic carbocycles. The maximum Gasteiger partial charge on any atom is 0.170 e. The number of ether oxygens (including phenoxy) is 1. The van der Waals surface area contributed by atoms with E-state index in [0.717, 1.165) is 23.7 Å². The molecular formula is C20H25N3O. The minimum atomic E-state index is 0.810. The van der Waals surface area contributed by atoms with Gasteiger partial charge < -0.3 is 13.9 Å². The van der Waals surface area contributed by atoms with Crippen LogP contribution in [0.15, 0.2) is 53.1 Å². The van der Waals surface area contributed by atoms with Crippen LogP contribution in [0, 0.1) is 6.92 Å². The molecule has 1 aliphatic rings. The molecule has 0 fully saturated rings. The van der Waals surface area contributed by atoms with Gasteiger partial charge in [0.15, 0.2) is 5.76 Å². The number of aryl methyl sites for hydroxylation is 1. The Morgan fingerprint density at radius 1 is 1.17 bits per heavy atom. The van der Waals surface area contributed by atoms with Gasteiger partial charge in [-0.25, -0.2) is 0 Å². The molecule has 1 aliphatic heterocycles. The number of aliphatic imine (C=N–C) groups is 1. The molecule has 3 heterocycles. The smallest absolute Gasteiger partial charge is 0.170 e. The Morgan fingerprint density at radius 3 is 2.67 bits per heavy atom. The summed E-state index contributed by atoms with van der Waals surface area (Å²) in [7, 11) is 1.70. The Labute approximate surface area is 143 Å². The first-order chi connectivity index (χ1) is 11.7. The average molecular weight is 323 g/mol. The topological polar surface area (TPSA) is 31.4 Å². The van der Waals surface area contributed by atoms with E-state index in [-0.39, 0.29) is 0 Å². The van der Waals surface area contributed by atoms with Crippen LogP contribution >= 0.6 is 0 Å². The fourth-order valence-electron chi connectivity index (χ4n) is 3.05. The van der Waals surface area contributed by atoms with Gasteiger partial charge in [-0.3, -0.25) is 4.99 Å². The Morgan fingerprint density at radius 2 is 1.96 bits per heavy atom. The van der Waals surface area contributed by atoms with Crippen LogP contribution in [0.2, 0.25) is 0 Å². The molecule has 126 valence electrons. The highest BCUT2D eigenvalue weighted by Gasteiger charge is 2.18. The van der Waals surface area contributed by atoms with Gasteiger partial charge in [0, 0.05) is 30.3 Å². The number of nitrogens with zero attached hydrogens (tertiary/aromatic N) is 3. The number of hydrogen-bond donors (Lipinski definition) is 0. The van der Waals surface area contributed by atoms with E-state index in [1.165, 1.54) is 30.7 Å². The second kappa shape index (κ2) is 7.39. The van der Waals surface area contributed by atoms with Crippen molar-refractivity contribution in [2.24, 2.45) is 4.99 Å². The summed E-state index contributed by atoms with van der Waals surface area (Å²) in [6.07, 6.45) is 11.7. The van der Waals surface area contributed by atoms with Crippen LogP contribution in [-0.4, -0.2) is 22.5 Å². The first-order valence-corrected chi connectivity index (χ1v) is 8.58.